The van der Waals surface area contributed by atoms with E-state index in [1.807, 2.05) is 68.8 Å². The molecule has 0 saturated carbocycles. The third kappa shape index (κ3) is 9.51. The standard InChI is InChI=1S/C48H51N7O6/c1-28-19-32(44-53-46(61-55-44)39-26-50-24-34-22-48(5,6)18-16-37(34)39)20-29(2)35(28)12-13-40(56)51-27-42(58)59-41(57)14-9-30-7-10-31(11-8-30)43-52-45(60-54-43)38-25-49-23-33-21-47(3,4)17-15-36(33)38/h7-8,10-11,19-20,23-26H,9,12-18,21-22,27H2,1-6H3,(H,51,56). The molecule has 0 bridgehead atoms. The Morgan fingerprint density at radius 2 is 1.23 bits per heavy atom. The van der Waals surface area contributed by atoms with Crippen LogP contribution in [0.15, 0.2) is 70.2 Å². The van der Waals surface area contributed by atoms with Gasteiger partial charge in [0.2, 0.25) is 17.6 Å². The van der Waals surface area contributed by atoms with Crippen molar-refractivity contribution in [3.05, 3.63) is 106 Å². The molecule has 0 unspecified atom stereocenters. The van der Waals surface area contributed by atoms with Gasteiger partial charge in [0.25, 0.3) is 11.8 Å². The van der Waals surface area contributed by atoms with Crippen LogP contribution in [0.25, 0.3) is 45.7 Å². The molecule has 0 spiro atoms. The summed E-state index contributed by atoms with van der Waals surface area (Å²) in [4.78, 5) is 56.0. The lowest BCUT2D eigenvalue weighted by Gasteiger charge is -2.31. The van der Waals surface area contributed by atoms with Gasteiger partial charge in [0.05, 0.1) is 17.5 Å². The van der Waals surface area contributed by atoms with E-state index in [1.54, 1.807) is 6.20 Å². The van der Waals surface area contributed by atoms with E-state index in [2.05, 4.69) is 58.3 Å². The second-order valence-electron chi connectivity index (χ2n) is 18.1. The van der Waals surface area contributed by atoms with Crippen molar-refractivity contribution in [2.45, 2.75) is 106 Å². The third-order valence-corrected chi connectivity index (χ3v) is 12.1. The maximum atomic E-state index is 12.7. The molecule has 0 saturated heterocycles. The molecule has 2 aromatic carbocycles. The average Bonchev–Trinajstić information content (AvgIpc) is 3.92. The van der Waals surface area contributed by atoms with Crippen molar-refractivity contribution in [2.24, 2.45) is 10.8 Å². The van der Waals surface area contributed by atoms with Crippen LogP contribution in [0.4, 0.5) is 0 Å². The van der Waals surface area contributed by atoms with Crippen molar-refractivity contribution in [1.82, 2.24) is 35.6 Å². The lowest BCUT2D eigenvalue weighted by atomic mass is 9.74. The van der Waals surface area contributed by atoms with Gasteiger partial charge >= 0.3 is 11.9 Å². The number of rotatable bonds is 12. The molecule has 8 rings (SSSR count). The maximum Gasteiger partial charge on any atom is 0.333 e. The monoisotopic (exact) mass is 821 g/mol. The molecule has 1 N–H and O–H groups in total. The van der Waals surface area contributed by atoms with E-state index < -0.39 is 18.5 Å². The molecular formula is C48H51N7O6. The molecule has 4 heterocycles. The smallest absolute Gasteiger partial charge is 0.333 e. The maximum absolute atomic E-state index is 12.7. The molecule has 314 valence electrons. The van der Waals surface area contributed by atoms with Gasteiger partial charge in [-0.25, -0.2) is 4.79 Å². The van der Waals surface area contributed by atoms with Crippen LogP contribution in [-0.4, -0.2) is 54.6 Å². The number of hydrogen-bond acceptors (Lipinski definition) is 12. The van der Waals surface area contributed by atoms with Crippen molar-refractivity contribution in [3.8, 4) is 45.7 Å². The Hall–Kier alpha value is -6.37. The number of carbonyl (C=O) groups excluding carboxylic acids is 3. The number of carbonyl (C=O) groups is 3. The van der Waals surface area contributed by atoms with Gasteiger partial charge in [0.15, 0.2) is 0 Å². The molecule has 2 aliphatic carbocycles. The number of aryl methyl sites for hydroxylation is 3. The van der Waals surface area contributed by atoms with Crippen LogP contribution in [0.3, 0.4) is 0 Å². The van der Waals surface area contributed by atoms with Crippen LogP contribution < -0.4 is 5.32 Å². The number of nitrogens with one attached hydrogen (secondary N) is 1. The van der Waals surface area contributed by atoms with Gasteiger partial charge in [0, 0.05) is 42.3 Å². The molecule has 0 aliphatic heterocycles. The summed E-state index contributed by atoms with van der Waals surface area (Å²) in [5.74, 6) is 0.0527. The Morgan fingerprint density at radius 3 is 1.79 bits per heavy atom. The Kier molecular flexibility index (Phi) is 11.5. The first-order valence-electron chi connectivity index (χ1n) is 21.0. The van der Waals surface area contributed by atoms with Crippen LogP contribution in [0.5, 0.6) is 0 Å². The molecule has 2 aliphatic rings. The summed E-state index contributed by atoms with van der Waals surface area (Å²) in [6.07, 6.45) is 14.4. The van der Waals surface area contributed by atoms with E-state index in [0.717, 1.165) is 83.0 Å². The molecule has 61 heavy (non-hydrogen) atoms. The Morgan fingerprint density at radius 1 is 0.689 bits per heavy atom. The van der Waals surface area contributed by atoms with Crippen molar-refractivity contribution in [1.29, 1.82) is 0 Å². The Bertz CT molecular complexity index is 2600. The molecule has 0 radical (unpaired) electrons. The zero-order valence-electron chi connectivity index (χ0n) is 35.7. The molecule has 4 aromatic heterocycles. The zero-order valence-corrected chi connectivity index (χ0v) is 35.7. The number of fused-ring (bicyclic) bond motifs is 2. The van der Waals surface area contributed by atoms with Gasteiger partial charge in [-0.2, -0.15) is 9.97 Å². The quantitative estimate of drug-likeness (QED) is 0.0924. The minimum Gasteiger partial charge on any atom is -0.392 e. The van der Waals surface area contributed by atoms with E-state index >= 15 is 0 Å². The zero-order chi connectivity index (χ0) is 42.9. The van der Waals surface area contributed by atoms with Crippen molar-refractivity contribution in [3.63, 3.8) is 0 Å². The fourth-order valence-corrected chi connectivity index (χ4v) is 8.66. The van der Waals surface area contributed by atoms with E-state index in [1.165, 1.54) is 22.3 Å². The van der Waals surface area contributed by atoms with Gasteiger partial charge in [-0.3, -0.25) is 19.6 Å². The molecule has 1 amide bonds. The number of ether oxygens (including phenoxy) is 1. The molecule has 13 heteroatoms. The summed E-state index contributed by atoms with van der Waals surface area (Å²) in [6.45, 7) is 12.7. The van der Waals surface area contributed by atoms with Crippen LogP contribution in [-0.2, 0) is 57.6 Å². The predicted octanol–water partition coefficient (Wildman–Crippen LogP) is 8.31. The van der Waals surface area contributed by atoms with Gasteiger partial charge in [-0.15, -0.1) is 0 Å². The summed E-state index contributed by atoms with van der Waals surface area (Å²) in [5, 5.41) is 11.1. The van der Waals surface area contributed by atoms with Crippen LogP contribution >= 0.6 is 0 Å². The first-order valence-corrected chi connectivity index (χ1v) is 21.0. The third-order valence-electron chi connectivity index (χ3n) is 12.1. The number of aromatic nitrogens is 6. The number of amides is 1. The fourth-order valence-electron chi connectivity index (χ4n) is 8.66. The second-order valence-corrected chi connectivity index (χ2v) is 18.1. The first kappa shape index (κ1) is 41.4. The number of nitrogens with zero attached hydrogens (tertiary/aromatic N) is 6. The minimum absolute atomic E-state index is 0.00203. The molecule has 0 atom stereocenters. The predicted molar refractivity (Wildman–Crippen MR) is 228 cm³/mol. The molecule has 0 fully saturated rings. The number of esters is 2. The van der Waals surface area contributed by atoms with Crippen LogP contribution in [0.2, 0.25) is 0 Å². The van der Waals surface area contributed by atoms with Crippen molar-refractivity contribution < 1.29 is 28.2 Å². The van der Waals surface area contributed by atoms with Crippen molar-refractivity contribution in [2.75, 3.05) is 6.54 Å². The van der Waals surface area contributed by atoms with Gasteiger partial charge < -0.3 is 19.1 Å². The number of hydrogen-bond donors (Lipinski definition) is 1. The lowest BCUT2D eigenvalue weighted by Crippen LogP contribution is -2.32. The highest BCUT2D eigenvalue weighted by Gasteiger charge is 2.30. The summed E-state index contributed by atoms with van der Waals surface area (Å²) in [6, 6.07) is 11.5. The van der Waals surface area contributed by atoms with Crippen LogP contribution in [0, 0.1) is 24.7 Å². The highest BCUT2D eigenvalue weighted by atomic mass is 16.6. The number of pyridine rings is 2. The Labute approximate surface area is 355 Å². The summed E-state index contributed by atoms with van der Waals surface area (Å²) in [7, 11) is 0. The van der Waals surface area contributed by atoms with Gasteiger partial charge in [0.1, 0.15) is 6.54 Å². The minimum atomic E-state index is -0.813. The molecular weight excluding hydrogens is 771 g/mol. The fraction of sp³-hybridized carbons (Fsp3) is 0.396. The molecule has 6 aromatic rings. The summed E-state index contributed by atoms with van der Waals surface area (Å²) in [5.41, 5.74) is 12.6. The van der Waals surface area contributed by atoms with Gasteiger partial charge in [-0.1, -0.05) is 62.3 Å². The van der Waals surface area contributed by atoms with E-state index in [-0.39, 0.29) is 29.6 Å². The lowest BCUT2D eigenvalue weighted by molar-refractivity contribution is -0.159. The van der Waals surface area contributed by atoms with E-state index in [4.69, 9.17) is 18.8 Å². The largest absolute Gasteiger partial charge is 0.392 e. The summed E-state index contributed by atoms with van der Waals surface area (Å²) >= 11 is 0. The Balaban J connectivity index is 0.779. The average molecular weight is 822 g/mol. The highest BCUT2D eigenvalue weighted by molar-refractivity contribution is 5.89. The van der Waals surface area contributed by atoms with Gasteiger partial charge in [-0.05, 0) is 133 Å². The number of benzene rings is 2. The SMILES string of the molecule is Cc1cc(-c2noc(-c3cncc4c3CCC(C)(C)C4)n2)cc(C)c1CCC(=O)NCC(=O)OC(=O)CCc1ccc(-c2noc(-c3cncc4c3CCC(C)(C)C4)n2)cc1. The second kappa shape index (κ2) is 16.9. The summed E-state index contributed by atoms with van der Waals surface area (Å²) < 4.78 is 16.4. The first-order chi connectivity index (χ1) is 29.2. The topological polar surface area (TPSA) is 176 Å². The van der Waals surface area contributed by atoms with Crippen molar-refractivity contribution >= 4 is 17.8 Å². The highest BCUT2D eigenvalue weighted by Crippen LogP contribution is 2.40. The van der Waals surface area contributed by atoms with E-state index in [9.17, 15) is 14.4 Å². The normalized spacial score (nSPS) is 15.1. The van der Waals surface area contributed by atoms with E-state index in [0.29, 0.717) is 36.3 Å². The molecule has 13 nitrogen and oxygen atoms in total. The van der Waals surface area contributed by atoms with Crippen LogP contribution in [0.1, 0.15) is 97.9 Å².